The summed E-state index contributed by atoms with van der Waals surface area (Å²) in [6.45, 7) is 0. The zero-order valence-electron chi connectivity index (χ0n) is 15.1. The maximum absolute atomic E-state index is 13.7. The van der Waals surface area contributed by atoms with Crippen LogP contribution in [0.1, 0.15) is 10.4 Å². The number of rotatable bonds is 6. The number of anilines is 1. The minimum absolute atomic E-state index is 0.0501. The first-order chi connectivity index (χ1) is 13.5. The largest absolute Gasteiger partial charge is 0.493 e. The number of aromatic nitrogens is 2. The fourth-order valence-corrected chi connectivity index (χ4v) is 2.43. The lowest BCUT2D eigenvalue weighted by atomic mass is 10.2. The van der Waals surface area contributed by atoms with Crippen molar-refractivity contribution in [3.05, 3.63) is 47.5 Å². The molecule has 0 unspecified atom stereocenters. The first-order valence-electron chi connectivity index (χ1n) is 7.87. The summed E-state index contributed by atoms with van der Waals surface area (Å²) in [5, 5.41) is 9.80. The molecule has 0 atom stereocenters. The van der Waals surface area contributed by atoms with Crippen LogP contribution in [0.25, 0.3) is 11.5 Å². The molecule has 0 saturated heterocycles. The summed E-state index contributed by atoms with van der Waals surface area (Å²) in [7, 11) is 4.38. The first kappa shape index (κ1) is 19.1. The number of amides is 1. The van der Waals surface area contributed by atoms with Gasteiger partial charge in [-0.3, -0.25) is 10.1 Å². The van der Waals surface area contributed by atoms with E-state index in [0.717, 1.165) is 12.1 Å². The van der Waals surface area contributed by atoms with Gasteiger partial charge in [0, 0.05) is 11.6 Å². The van der Waals surface area contributed by atoms with Crippen molar-refractivity contribution < 1.29 is 32.2 Å². The van der Waals surface area contributed by atoms with Crippen LogP contribution < -0.4 is 19.5 Å². The third-order valence-corrected chi connectivity index (χ3v) is 3.73. The highest BCUT2D eigenvalue weighted by molar-refractivity contribution is 6.03. The van der Waals surface area contributed by atoms with E-state index in [-0.39, 0.29) is 17.5 Å². The van der Waals surface area contributed by atoms with Gasteiger partial charge in [-0.1, -0.05) is 5.10 Å². The predicted octanol–water partition coefficient (Wildman–Crippen LogP) is 3.29. The average molecular weight is 391 g/mol. The summed E-state index contributed by atoms with van der Waals surface area (Å²) < 4.78 is 47.8. The molecule has 3 aromatic rings. The van der Waals surface area contributed by atoms with E-state index in [1.165, 1.54) is 21.3 Å². The van der Waals surface area contributed by atoms with Gasteiger partial charge in [-0.05, 0) is 24.3 Å². The van der Waals surface area contributed by atoms with Gasteiger partial charge in [0.1, 0.15) is 11.6 Å². The summed E-state index contributed by atoms with van der Waals surface area (Å²) in [4.78, 5) is 12.1. The zero-order chi connectivity index (χ0) is 20.3. The van der Waals surface area contributed by atoms with E-state index in [0.29, 0.717) is 28.9 Å². The molecule has 28 heavy (non-hydrogen) atoms. The third kappa shape index (κ3) is 3.70. The normalized spacial score (nSPS) is 10.5. The Morgan fingerprint density at radius 2 is 1.68 bits per heavy atom. The summed E-state index contributed by atoms with van der Waals surface area (Å²) in [5.41, 5.74) is 0.0735. The number of nitrogens with zero attached hydrogens (tertiary/aromatic N) is 2. The highest BCUT2D eigenvalue weighted by Crippen LogP contribution is 2.41. The van der Waals surface area contributed by atoms with E-state index >= 15 is 0 Å². The molecule has 0 saturated carbocycles. The topological polar surface area (TPSA) is 95.7 Å². The first-order valence-corrected chi connectivity index (χ1v) is 7.87. The van der Waals surface area contributed by atoms with Gasteiger partial charge in [0.15, 0.2) is 11.5 Å². The van der Waals surface area contributed by atoms with Crippen molar-refractivity contribution in [1.82, 2.24) is 10.2 Å². The number of benzene rings is 2. The van der Waals surface area contributed by atoms with Crippen molar-refractivity contribution in [3.8, 4) is 28.7 Å². The molecule has 1 aromatic heterocycles. The minimum atomic E-state index is -1.01. The van der Waals surface area contributed by atoms with Crippen LogP contribution in [0.5, 0.6) is 17.2 Å². The molecule has 1 heterocycles. The quantitative estimate of drug-likeness (QED) is 0.689. The second kappa shape index (κ2) is 7.91. The Kier molecular flexibility index (Phi) is 5.39. The maximum Gasteiger partial charge on any atom is 0.322 e. The molecule has 0 bridgehead atoms. The van der Waals surface area contributed by atoms with Crippen LogP contribution in [-0.4, -0.2) is 37.4 Å². The fraction of sp³-hybridized carbons (Fsp3) is 0.167. The van der Waals surface area contributed by atoms with Gasteiger partial charge >= 0.3 is 6.01 Å². The van der Waals surface area contributed by atoms with Crippen molar-refractivity contribution >= 4 is 11.9 Å². The molecule has 10 heteroatoms. The van der Waals surface area contributed by atoms with Gasteiger partial charge in [0.05, 0.1) is 26.9 Å². The Morgan fingerprint density at radius 1 is 1.00 bits per heavy atom. The lowest BCUT2D eigenvalue weighted by Crippen LogP contribution is -2.14. The number of carbonyl (C=O) groups excluding carboxylic acids is 1. The Hall–Kier alpha value is -3.69. The minimum Gasteiger partial charge on any atom is -0.493 e. The zero-order valence-corrected chi connectivity index (χ0v) is 15.1. The lowest BCUT2D eigenvalue weighted by Gasteiger charge is -2.12. The van der Waals surface area contributed by atoms with Crippen molar-refractivity contribution in [2.24, 2.45) is 0 Å². The van der Waals surface area contributed by atoms with Crippen molar-refractivity contribution in [2.45, 2.75) is 0 Å². The van der Waals surface area contributed by atoms with Gasteiger partial charge in [-0.25, -0.2) is 8.78 Å². The molecular weight excluding hydrogens is 376 g/mol. The number of ether oxygens (including phenoxy) is 3. The number of hydrogen-bond donors (Lipinski definition) is 1. The molecule has 3 rings (SSSR count). The molecule has 1 N–H and O–H groups in total. The van der Waals surface area contributed by atoms with Crippen molar-refractivity contribution in [1.29, 1.82) is 0 Å². The summed E-state index contributed by atoms with van der Waals surface area (Å²) in [6, 6.07) is 5.48. The van der Waals surface area contributed by atoms with Crippen LogP contribution in [0.15, 0.2) is 34.7 Å². The second-order valence-electron chi connectivity index (χ2n) is 5.40. The molecular formula is C18H15F2N3O5. The van der Waals surface area contributed by atoms with Gasteiger partial charge in [-0.2, -0.15) is 0 Å². The molecule has 0 fully saturated rings. The monoisotopic (exact) mass is 391 g/mol. The molecule has 8 nitrogen and oxygen atoms in total. The van der Waals surface area contributed by atoms with Crippen LogP contribution in [-0.2, 0) is 0 Å². The smallest absolute Gasteiger partial charge is 0.322 e. The Morgan fingerprint density at radius 3 is 2.25 bits per heavy atom. The van der Waals surface area contributed by atoms with E-state index in [1.807, 2.05) is 0 Å². The lowest BCUT2D eigenvalue weighted by molar-refractivity contribution is 0.102. The molecule has 2 aromatic carbocycles. The highest BCUT2D eigenvalue weighted by atomic mass is 19.1. The summed E-state index contributed by atoms with van der Waals surface area (Å²) in [5.74, 6) is -1.50. The van der Waals surface area contributed by atoms with E-state index in [9.17, 15) is 13.6 Å². The van der Waals surface area contributed by atoms with Crippen LogP contribution in [0.3, 0.4) is 0 Å². The molecule has 0 aliphatic heterocycles. The molecule has 1 amide bonds. The number of halogens is 2. The van der Waals surface area contributed by atoms with Crippen LogP contribution in [0.4, 0.5) is 14.8 Å². The van der Waals surface area contributed by atoms with E-state index < -0.39 is 17.5 Å². The fourth-order valence-electron chi connectivity index (χ4n) is 2.43. The molecule has 0 radical (unpaired) electrons. The summed E-state index contributed by atoms with van der Waals surface area (Å²) >= 11 is 0. The number of carbonyl (C=O) groups is 1. The molecule has 0 spiro atoms. The predicted molar refractivity (Wildman–Crippen MR) is 93.7 cm³/mol. The summed E-state index contributed by atoms with van der Waals surface area (Å²) in [6.07, 6.45) is 0. The van der Waals surface area contributed by atoms with E-state index in [4.69, 9.17) is 18.6 Å². The average Bonchev–Trinajstić information content (AvgIpc) is 3.14. The SMILES string of the molecule is COc1cc(-c2nnc(NC(=O)c3ccc(F)cc3F)o2)cc(OC)c1OC. The Labute approximate surface area is 158 Å². The molecule has 146 valence electrons. The van der Waals surface area contributed by atoms with Gasteiger partial charge in [-0.15, -0.1) is 5.10 Å². The standard InChI is InChI=1S/C18H15F2N3O5/c1-25-13-6-9(7-14(26-2)15(13)27-3)17-22-23-18(28-17)21-16(24)11-5-4-10(19)8-12(11)20/h4-8H,1-3H3,(H,21,23,24). The van der Waals surface area contributed by atoms with Crippen molar-refractivity contribution in [3.63, 3.8) is 0 Å². The van der Waals surface area contributed by atoms with E-state index in [2.05, 4.69) is 15.5 Å². The van der Waals surface area contributed by atoms with Crippen molar-refractivity contribution in [2.75, 3.05) is 26.6 Å². The number of methoxy groups -OCH3 is 3. The molecule has 0 aliphatic carbocycles. The Bertz CT molecular complexity index is 997. The van der Waals surface area contributed by atoms with Crippen LogP contribution in [0, 0.1) is 11.6 Å². The van der Waals surface area contributed by atoms with Gasteiger partial charge < -0.3 is 18.6 Å². The Balaban J connectivity index is 1.87. The van der Waals surface area contributed by atoms with Gasteiger partial charge in [0.2, 0.25) is 11.6 Å². The third-order valence-electron chi connectivity index (χ3n) is 3.73. The number of hydrogen-bond acceptors (Lipinski definition) is 7. The second-order valence-corrected chi connectivity index (χ2v) is 5.40. The highest BCUT2D eigenvalue weighted by Gasteiger charge is 2.19. The van der Waals surface area contributed by atoms with Gasteiger partial charge in [0.25, 0.3) is 5.91 Å². The number of nitrogens with one attached hydrogen (secondary N) is 1. The van der Waals surface area contributed by atoms with Crippen LogP contribution >= 0.6 is 0 Å². The van der Waals surface area contributed by atoms with Crippen LogP contribution in [0.2, 0.25) is 0 Å². The maximum atomic E-state index is 13.7. The van der Waals surface area contributed by atoms with E-state index in [1.54, 1.807) is 12.1 Å². The molecule has 0 aliphatic rings.